The summed E-state index contributed by atoms with van der Waals surface area (Å²) in [6, 6.07) is 0. The summed E-state index contributed by atoms with van der Waals surface area (Å²) in [7, 11) is 3.43. The minimum absolute atomic E-state index is 0.150. The van der Waals surface area contributed by atoms with Crippen molar-refractivity contribution in [2.24, 2.45) is 0 Å². The van der Waals surface area contributed by atoms with E-state index in [0.717, 1.165) is 25.9 Å². The van der Waals surface area contributed by atoms with Gasteiger partial charge in [-0.1, -0.05) is 0 Å². The van der Waals surface area contributed by atoms with Gasteiger partial charge in [0.1, 0.15) is 0 Å². The number of hydrogen-bond acceptors (Lipinski definition) is 4. The zero-order chi connectivity index (χ0) is 11.3. The molecule has 88 valence electrons. The van der Waals surface area contributed by atoms with Gasteiger partial charge in [-0.2, -0.15) is 0 Å². The van der Waals surface area contributed by atoms with Gasteiger partial charge in [-0.3, -0.25) is 4.79 Å². The van der Waals surface area contributed by atoms with Gasteiger partial charge in [-0.25, -0.2) is 0 Å². The van der Waals surface area contributed by atoms with E-state index in [9.17, 15) is 4.79 Å². The third-order valence-corrected chi connectivity index (χ3v) is 2.76. The molecule has 0 aromatic rings. The van der Waals surface area contributed by atoms with Crippen LogP contribution in [0.25, 0.3) is 0 Å². The van der Waals surface area contributed by atoms with Crippen LogP contribution in [0.2, 0.25) is 0 Å². The highest BCUT2D eigenvalue weighted by atomic mass is 16.5. The van der Waals surface area contributed by atoms with Gasteiger partial charge in [0.05, 0.1) is 25.7 Å². The largest absolute Gasteiger partial charge is 0.469 e. The van der Waals surface area contributed by atoms with E-state index in [1.807, 2.05) is 7.05 Å². The number of carbonyl (C=O) groups excluding carboxylic acids is 1. The first-order chi connectivity index (χ1) is 7.11. The van der Waals surface area contributed by atoms with E-state index < -0.39 is 0 Å². The smallest absolute Gasteiger partial charge is 0.306 e. The van der Waals surface area contributed by atoms with Crippen molar-refractivity contribution in [1.82, 2.24) is 4.90 Å². The second-order valence-corrected chi connectivity index (χ2v) is 4.23. The van der Waals surface area contributed by atoms with Crippen molar-refractivity contribution in [3.8, 4) is 0 Å². The lowest BCUT2D eigenvalue weighted by Gasteiger charge is -2.20. The molecule has 1 aliphatic rings. The molecule has 0 spiro atoms. The average Bonchev–Trinajstić information content (AvgIpc) is 2.60. The molecule has 0 aromatic heterocycles. The van der Waals surface area contributed by atoms with Gasteiger partial charge in [0, 0.05) is 13.1 Å². The first-order valence-corrected chi connectivity index (χ1v) is 5.52. The molecule has 2 atom stereocenters. The lowest BCUT2D eigenvalue weighted by atomic mass is 10.2. The number of methoxy groups -OCH3 is 1. The van der Waals surface area contributed by atoms with Crippen LogP contribution >= 0.6 is 0 Å². The molecule has 1 rings (SSSR count). The summed E-state index contributed by atoms with van der Waals surface area (Å²) in [5.74, 6) is -0.150. The Morgan fingerprint density at radius 3 is 2.80 bits per heavy atom. The van der Waals surface area contributed by atoms with E-state index in [2.05, 4.69) is 16.6 Å². The number of hydrogen-bond donors (Lipinski definition) is 0. The fraction of sp³-hybridized carbons (Fsp3) is 0.909. The standard InChI is InChI=1S/C11H21NO3/c1-9-4-5-10(15-9)8-12(2)7-6-11(13)14-3/h9-10H,4-8H2,1-3H3. The van der Waals surface area contributed by atoms with Gasteiger partial charge < -0.3 is 14.4 Å². The predicted octanol–water partition coefficient (Wildman–Crippen LogP) is 1.05. The molecular formula is C11H21NO3. The quantitative estimate of drug-likeness (QED) is 0.643. The Morgan fingerprint density at radius 1 is 1.53 bits per heavy atom. The molecule has 0 bridgehead atoms. The Hall–Kier alpha value is -0.610. The van der Waals surface area contributed by atoms with Crippen molar-refractivity contribution in [3.05, 3.63) is 0 Å². The van der Waals surface area contributed by atoms with Gasteiger partial charge in [-0.15, -0.1) is 0 Å². The highest BCUT2D eigenvalue weighted by molar-refractivity contribution is 5.69. The maximum Gasteiger partial charge on any atom is 0.306 e. The number of carbonyl (C=O) groups is 1. The highest BCUT2D eigenvalue weighted by Gasteiger charge is 2.22. The second kappa shape index (κ2) is 6.08. The summed E-state index contributed by atoms with van der Waals surface area (Å²) in [5.41, 5.74) is 0. The predicted molar refractivity (Wildman–Crippen MR) is 57.7 cm³/mol. The Morgan fingerprint density at radius 2 is 2.27 bits per heavy atom. The monoisotopic (exact) mass is 215 g/mol. The Labute approximate surface area is 91.5 Å². The van der Waals surface area contributed by atoms with Crippen LogP contribution < -0.4 is 0 Å². The van der Waals surface area contributed by atoms with Crippen LogP contribution in [0.5, 0.6) is 0 Å². The van der Waals surface area contributed by atoms with E-state index in [4.69, 9.17) is 4.74 Å². The van der Waals surface area contributed by atoms with Gasteiger partial charge in [-0.05, 0) is 26.8 Å². The van der Waals surface area contributed by atoms with Crippen LogP contribution in [0.4, 0.5) is 0 Å². The summed E-state index contributed by atoms with van der Waals surface area (Å²) < 4.78 is 10.3. The average molecular weight is 215 g/mol. The molecule has 1 fully saturated rings. The Balaban J connectivity index is 2.13. The second-order valence-electron chi connectivity index (χ2n) is 4.23. The van der Waals surface area contributed by atoms with Crippen molar-refractivity contribution in [3.63, 3.8) is 0 Å². The summed E-state index contributed by atoms with van der Waals surface area (Å²) in [6.45, 7) is 3.75. The maximum atomic E-state index is 10.9. The highest BCUT2D eigenvalue weighted by Crippen LogP contribution is 2.19. The molecule has 1 saturated heterocycles. The van der Waals surface area contributed by atoms with Gasteiger partial charge >= 0.3 is 5.97 Å². The van der Waals surface area contributed by atoms with Crippen molar-refractivity contribution >= 4 is 5.97 Å². The molecule has 4 nitrogen and oxygen atoms in total. The fourth-order valence-corrected chi connectivity index (χ4v) is 1.84. The number of likely N-dealkylation sites (N-methyl/N-ethyl adjacent to an activating group) is 1. The third kappa shape index (κ3) is 4.62. The molecule has 0 N–H and O–H groups in total. The summed E-state index contributed by atoms with van der Waals surface area (Å²) >= 11 is 0. The molecule has 4 heteroatoms. The first kappa shape index (κ1) is 12.5. The molecule has 0 aromatic carbocycles. The minimum atomic E-state index is -0.150. The number of ether oxygens (including phenoxy) is 2. The van der Waals surface area contributed by atoms with E-state index in [-0.39, 0.29) is 5.97 Å². The first-order valence-electron chi connectivity index (χ1n) is 5.52. The Kier molecular flexibility index (Phi) is 5.05. The molecule has 0 amide bonds. The number of rotatable bonds is 5. The van der Waals surface area contributed by atoms with Crippen LogP contribution in [-0.2, 0) is 14.3 Å². The topological polar surface area (TPSA) is 38.8 Å². The van der Waals surface area contributed by atoms with Crippen LogP contribution in [0.15, 0.2) is 0 Å². The van der Waals surface area contributed by atoms with Gasteiger partial charge in [0.2, 0.25) is 0 Å². The zero-order valence-electron chi connectivity index (χ0n) is 9.86. The van der Waals surface area contributed by atoms with Crippen LogP contribution in [0.3, 0.4) is 0 Å². The summed E-state index contributed by atoms with van der Waals surface area (Å²) in [5, 5.41) is 0. The molecule has 0 saturated carbocycles. The van der Waals surface area contributed by atoms with Gasteiger partial charge in [0.25, 0.3) is 0 Å². The summed E-state index contributed by atoms with van der Waals surface area (Å²) in [6.07, 6.45) is 3.46. The van der Waals surface area contributed by atoms with Crippen molar-refractivity contribution in [2.45, 2.75) is 38.4 Å². The number of esters is 1. The molecular weight excluding hydrogens is 194 g/mol. The minimum Gasteiger partial charge on any atom is -0.469 e. The molecule has 2 unspecified atom stereocenters. The van der Waals surface area contributed by atoms with Crippen molar-refractivity contribution in [1.29, 1.82) is 0 Å². The molecule has 0 aliphatic carbocycles. The molecule has 1 heterocycles. The lowest BCUT2D eigenvalue weighted by Crippen LogP contribution is -2.31. The van der Waals surface area contributed by atoms with Crippen molar-refractivity contribution < 1.29 is 14.3 Å². The third-order valence-electron chi connectivity index (χ3n) is 2.76. The normalized spacial score (nSPS) is 25.9. The lowest BCUT2D eigenvalue weighted by molar-refractivity contribution is -0.141. The van der Waals surface area contributed by atoms with Crippen LogP contribution in [0, 0.1) is 0 Å². The van der Waals surface area contributed by atoms with E-state index in [1.54, 1.807) is 0 Å². The number of nitrogens with zero attached hydrogens (tertiary/aromatic N) is 1. The zero-order valence-corrected chi connectivity index (χ0v) is 9.86. The van der Waals surface area contributed by atoms with Crippen LogP contribution in [-0.4, -0.2) is 50.3 Å². The SMILES string of the molecule is COC(=O)CCN(C)CC1CCC(C)O1. The van der Waals surface area contributed by atoms with Crippen LogP contribution in [0.1, 0.15) is 26.2 Å². The van der Waals surface area contributed by atoms with Crippen molar-refractivity contribution in [2.75, 3.05) is 27.2 Å². The van der Waals surface area contributed by atoms with E-state index in [1.165, 1.54) is 7.11 Å². The Bertz CT molecular complexity index is 208. The van der Waals surface area contributed by atoms with Gasteiger partial charge in [0.15, 0.2) is 0 Å². The maximum absolute atomic E-state index is 10.9. The molecule has 1 aliphatic heterocycles. The van der Waals surface area contributed by atoms with E-state index >= 15 is 0 Å². The molecule has 0 radical (unpaired) electrons. The summed E-state index contributed by atoms with van der Waals surface area (Å²) in [4.78, 5) is 13.1. The molecule has 15 heavy (non-hydrogen) atoms. The van der Waals surface area contributed by atoms with E-state index in [0.29, 0.717) is 18.6 Å². The fourth-order valence-electron chi connectivity index (χ4n) is 1.84.